The standard InChI is InChI=1S/C17H19N3O6/c1-20-16(24)13(10-19-17(20)25)15(23)18-9-11-4-6-12(7-5-11)26-8-2-3-14(21)22/h4-7,10H,2-3,8-9H2,1H3,(H,18,23)(H,19,25)(H,21,22). The number of nitrogens with zero attached hydrogens (tertiary/aromatic N) is 1. The summed E-state index contributed by atoms with van der Waals surface area (Å²) >= 11 is 0. The van der Waals surface area contributed by atoms with Gasteiger partial charge in [0.15, 0.2) is 0 Å². The zero-order valence-corrected chi connectivity index (χ0v) is 14.2. The summed E-state index contributed by atoms with van der Waals surface area (Å²) in [5.41, 5.74) is -0.621. The van der Waals surface area contributed by atoms with Crippen LogP contribution in [0.4, 0.5) is 0 Å². The van der Waals surface area contributed by atoms with Gasteiger partial charge in [-0.3, -0.25) is 19.0 Å². The van der Waals surface area contributed by atoms with E-state index < -0.39 is 23.1 Å². The Morgan fingerprint density at radius 1 is 1.23 bits per heavy atom. The number of carboxylic acids is 1. The first kappa shape index (κ1) is 19.0. The highest BCUT2D eigenvalue weighted by Crippen LogP contribution is 2.12. The second kappa shape index (κ2) is 8.65. The zero-order valence-electron chi connectivity index (χ0n) is 14.2. The van der Waals surface area contributed by atoms with Crippen molar-refractivity contribution in [1.29, 1.82) is 0 Å². The Bertz CT molecular complexity index is 898. The molecule has 0 bridgehead atoms. The lowest BCUT2D eigenvalue weighted by atomic mass is 10.2. The Morgan fingerprint density at radius 3 is 2.58 bits per heavy atom. The molecule has 2 aromatic rings. The van der Waals surface area contributed by atoms with Crippen LogP contribution in [0.3, 0.4) is 0 Å². The fourth-order valence-electron chi connectivity index (χ4n) is 2.12. The average molecular weight is 361 g/mol. The number of rotatable bonds is 8. The van der Waals surface area contributed by atoms with Crippen molar-refractivity contribution in [1.82, 2.24) is 14.9 Å². The van der Waals surface area contributed by atoms with Gasteiger partial charge in [-0.25, -0.2) is 4.79 Å². The SMILES string of the molecule is Cn1c(=O)[nH]cc(C(=O)NCc2ccc(OCCCC(=O)O)cc2)c1=O. The van der Waals surface area contributed by atoms with Crippen molar-refractivity contribution in [2.24, 2.45) is 7.05 Å². The van der Waals surface area contributed by atoms with Gasteiger partial charge in [0.05, 0.1) is 6.61 Å². The van der Waals surface area contributed by atoms with Crippen LogP contribution in [-0.2, 0) is 18.4 Å². The van der Waals surface area contributed by atoms with Crippen LogP contribution in [0.15, 0.2) is 40.1 Å². The quantitative estimate of drug-likeness (QED) is 0.578. The molecule has 9 heteroatoms. The van der Waals surface area contributed by atoms with E-state index in [2.05, 4.69) is 10.3 Å². The highest BCUT2D eigenvalue weighted by molar-refractivity contribution is 5.93. The van der Waals surface area contributed by atoms with Gasteiger partial charge in [-0.15, -0.1) is 0 Å². The Morgan fingerprint density at radius 2 is 1.92 bits per heavy atom. The van der Waals surface area contributed by atoms with Gasteiger partial charge in [0.25, 0.3) is 11.5 Å². The molecule has 3 N–H and O–H groups in total. The maximum Gasteiger partial charge on any atom is 0.328 e. The fourth-order valence-corrected chi connectivity index (χ4v) is 2.12. The molecule has 0 radical (unpaired) electrons. The monoisotopic (exact) mass is 361 g/mol. The van der Waals surface area contributed by atoms with Gasteiger partial charge in [0.2, 0.25) is 0 Å². The Kier molecular flexibility index (Phi) is 6.31. The molecule has 0 saturated carbocycles. The van der Waals surface area contributed by atoms with E-state index >= 15 is 0 Å². The first-order chi connectivity index (χ1) is 12.4. The second-order valence-electron chi connectivity index (χ2n) is 5.54. The van der Waals surface area contributed by atoms with Crippen LogP contribution < -0.4 is 21.3 Å². The summed E-state index contributed by atoms with van der Waals surface area (Å²) in [5, 5.41) is 11.2. The summed E-state index contributed by atoms with van der Waals surface area (Å²) in [6.07, 6.45) is 1.56. The average Bonchev–Trinajstić information content (AvgIpc) is 2.62. The summed E-state index contributed by atoms with van der Waals surface area (Å²) < 4.78 is 6.24. The summed E-state index contributed by atoms with van der Waals surface area (Å²) in [4.78, 5) is 48.0. The first-order valence-electron chi connectivity index (χ1n) is 7.89. The number of benzene rings is 1. The molecule has 1 aromatic heterocycles. The summed E-state index contributed by atoms with van der Waals surface area (Å²) in [6.45, 7) is 0.498. The number of hydrogen-bond acceptors (Lipinski definition) is 5. The van der Waals surface area contributed by atoms with E-state index in [-0.39, 0.29) is 18.5 Å². The number of hydrogen-bond donors (Lipinski definition) is 3. The third-order valence-corrected chi connectivity index (χ3v) is 3.60. The van der Waals surface area contributed by atoms with E-state index in [1.165, 1.54) is 7.05 Å². The number of aromatic nitrogens is 2. The van der Waals surface area contributed by atoms with Gasteiger partial charge >= 0.3 is 11.7 Å². The Balaban J connectivity index is 1.89. The number of ether oxygens (including phenoxy) is 1. The van der Waals surface area contributed by atoms with Crippen LogP contribution in [0.25, 0.3) is 0 Å². The van der Waals surface area contributed by atoms with Gasteiger partial charge in [-0.1, -0.05) is 12.1 Å². The lowest BCUT2D eigenvalue weighted by Crippen LogP contribution is -2.38. The lowest BCUT2D eigenvalue weighted by Gasteiger charge is -2.08. The van der Waals surface area contributed by atoms with E-state index in [4.69, 9.17) is 9.84 Å². The molecule has 1 amide bonds. The van der Waals surface area contributed by atoms with Crippen LogP contribution in [0.2, 0.25) is 0 Å². The van der Waals surface area contributed by atoms with Crippen molar-refractivity contribution >= 4 is 11.9 Å². The van der Waals surface area contributed by atoms with Gasteiger partial charge < -0.3 is 20.1 Å². The number of nitrogens with one attached hydrogen (secondary N) is 2. The van der Waals surface area contributed by atoms with Crippen LogP contribution >= 0.6 is 0 Å². The van der Waals surface area contributed by atoms with E-state index in [9.17, 15) is 19.2 Å². The van der Waals surface area contributed by atoms with Crippen LogP contribution in [0.5, 0.6) is 5.75 Å². The molecular weight excluding hydrogens is 342 g/mol. The summed E-state index contributed by atoms with van der Waals surface area (Å²) in [5.74, 6) is -0.854. The Hall–Kier alpha value is -3.36. The molecule has 2 rings (SSSR count). The predicted molar refractivity (Wildman–Crippen MR) is 92.3 cm³/mol. The minimum Gasteiger partial charge on any atom is -0.494 e. The maximum atomic E-state index is 12.1. The van der Waals surface area contributed by atoms with Crippen molar-refractivity contribution in [2.45, 2.75) is 19.4 Å². The molecule has 0 aliphatic rings. The molecule has 1 heterocycles. The fraction of sp³-hybridized carbons (Fsp3) is 0.294. The first-order valence-corrected chi connectivity index (χ1v) is 7.89. The topological polar surface area (TPSA) is 130 Å². The number of carbonyl (C=O) groups is 2. The summed E-state index contributed by atoms with van der Waals surface area (Å²) in [6, 6.07) is 6.91. The van der Waals surface area contributed by atoms with Gasteiger partial charge in [0.1, 0.15) is 11.3 Å². The van der Waals surface area contributed by atoms with E-state index in [1.54, 1.807) is 24.3 Å². The molecule has 0 saturated heterocycles. The second-order valence-corrected chi connectivity index (χ2v) is 5.54. The van der Waals surface area contributed by atoms with Crippen molar-refractivity contribution in [3.63, 3.8) is 0 Å². The maximum absolute atomic E-state index is 12.1. The van der Waals surface area contributed by atoms with E-state index in [0.717, 1.165) is 16.3 Å². The van der Waals surface area contributed by atoms with E-state index in [0.29, 0.717) is 18.8 Å². The molecule has 0 atom stereocenters. The number of aliphatic carboxylic acids is 1. The minimum atomic E-state index is -0.864. The van der Waals surface area contributed by atoms with Crippen molar-refractivity contribution < 1.29 is 19.4 Å². The lowest BCUT2D eigenvalue weighted by molar-refractivity contribution is -0.137. The molecule has 9 nitrogen and oxygen atoms in total. The van der Waals surface area contributed by atoms with Gasteiger partial charge in [0, 0.05) is 26.2 Å². The van der Waals surface area contributed by atoms with Crippen molar-refractivity contribution in [3.05, 3.63) is 62.4 Å². The van der Waals surface area contributed by atoms with Crippen molar-refractivity contribution in [3.8, 4) is 5.75 Å². The minimum absolute atomic E-state index is 0.0499. The van der Waals surface area contributed by atoms with Crippen molar-refractivity contribution in [2.75, 3.05) is 6.61 Å². The molecule has 26 heavy (non-hydrogen) atoms. The summed E-state index contributed by atoms with van der Waals surface area (Å²) in [7, 11) is 1.28. The molecule has 138 valence electrons. The molecule has 0 aliphatic heterocycles. The van der Waals surface area contributed by atoms with Gasteiger partial charge in [-0.2, -0.15) is 0 Å². The number of carboxylic acid groups (broad SMARTS) is 1. The zero-order chi connectivity index (χ0) is 19.1. The molecule has 0 fully saturated rings. The molecular formula is C17H19N3O6. The Labute approximate surface area is 148 Å². The number of amides is 1. The normalized spacial score (nSPS) is 10.3. The third-order valence-electron chi connectivity index (χ3n) is 3.60. The van der Waals surface area contributed by atoms with Crippen LogP contribution in [-0.4, -0.2) is 33.1 Å². The number of H-pyrrole nitrogens is 1. The largest absolute Gasteiger partial charge is 0.494 e. The molecule has 1 aromatic carbocycles. The van der Waals surface area contributed by atoms with Crippen LogP contribution in [0, 0.1) is 0 Å². The van der Waals surface area contributed by atoms with E-state index in [1.807, 2.05) is 0 Å². The third kappa shape index (κ3) is 5.07. The molecule has 0 unspecified atom stereocenters. The van der Waals surface area contributed by atoms with Crippen LogP contribution in [0.1, 0.15) is 28.8 Å². The molecule has 0 aliphatic carbocycles. The van der Waals surface area contributed by atoms with Gasteiger partial charge in [-0.05, 0) is 24.1 Å². The number of aromatic amines is 1. The number of carbonyl (C=O) groups excluding carboxylic acids is 1. The predicted octanol–water partition coefficient (Wildman–Crippen LogP) is 0.247. The smallest absolute Gasteiger partial charge is 0.328 e. The highest BCUT2D eigenvalue weighted by Gasteiger charge is 2.12. The molecule has 0 spiro atoms. The highest BCUT2D eigenvalue weighted by atomic mass is 16.5.